The van der Waals surface area contributed by atoms with Gasteiger partial charge < -0.3 is 31.7 Å². The van der Waals surface area contributed by atoms with Crippen LogP contribution in [-0.4, -0.2) is 46.0 Å². The monoisotopic (exact) mass is 395 g/mol. The first-order chi connectivity index (χ1) is 13.8. The fourth-order valence-electron chi connectivity index (χ4n) is 3.38. The van der Waals surface area contributed by atoms with Crippen LogP contribution in [0.25, 0.3) is 0 Å². The number of dihydropyridines is 1. The molecule has 0 aliphatic carbocycles. The number of nitrogens with zero attached hydrogens (tertiary/aromatic N) is 2. The molecular weight excluding hydrogens is 366 g/mol. The second kappa shape index (κ2) is 8.83. The van der Waals surface area contributed by atoms with E-state index in [1.807, 2.05) is 24.0 Å². The molecule has 0 unspecified atom stereocenters. The van der Waals surface area contributed by atoms with Gasteiger partial charge in [-0.3, -0.25) is 10.4 Å². The highest BCUT2D eigenvalue weighted by atomic mass is 16.3. The van der Waals surface area contributed by atoms with Crippen LogP contribution in [0.15, 0.2) is 65.6 Å². The predicted molar refractivity (Wildman–Crippen MR) is 116 cm³/mol. The van der Waals surface area contributed by atoms with Gasteiger partial charge >= 0.3 is 0 Å². The van der Waals surface area contributed by atoms with E-state index in [0.29, 0.717) is 35.0 Å². The number of aryl methyl sites for hydroxylation is 1. The minimum Gasteiger partial charge on any atom is -0.506 e. The fraction of sp³-hybridized carbons (Fsp3) is 0.333. The summed E-state index contributed by atoms with van der Waals surface area (Å²) in [4.78, 5) is 6.25. The van der Waals surface area contributed by atoms with E-state index < -0.39 is 0 Å². The lowest BCUT2D eigenvalue weighted by Gasteiger charge is -2.36. The van der Waals surface area contributed by atoms with Crippen LogP contribution in [0.4, 0.5) is 5.69 Å². The summed E-state index contributed by atoms with van der Waals surface area (Å²) in [6.45, 7) is 7.69. The number of hydrogen-bond acceptors (Lipinski definition) is 7. The maximum atomic E-state index is 10.4. The van der Waals surface area contributed by atoms with Gasteiger partial charge in [0.15, 0.2) is 0 Å². The van der Waals surface area contributed by atoms with Gasteiger partial charge in [-0.05, 0) is 45.1 Å². The minimum absolute atomic E-state index is 0.0215. The SMILES string of the molecule is Cc1ccc(NC2=CNC(=C(N)C=CC(=N)N3C[C@@H](C)N[C@@H](C)C3)C(O)=C2)cn1. The summed E-state index contributed by atoms with van der Waals surface area (Å²) in [5.74, 6) is 0.422. The van der Waals surface area contributed by atoms with E-state index in [2.05, 4.69) is 34.8 Å². The van der Waals surface area contributed by atoms with Crippen molar-refractivity contribution in [2.24, 2.45) is 5.73 Å². The first-order valence-electron chi connectivity index (χ1n) is 9.66. The Hall–Kier alpha value is -3.26. The van der Waals surface area contributed by atoms with Crippen LogP contribution in [0, 0.1) is 12.3 Å². The number of nitrogens with two attached hydrogens (primary N) is 1. The standard InChI is InChI=1S/C21H29N7O/c1-13-4-5-16(9-24-13)27-17-8-19(29)21(25-10-17)18(22)6-7-20(23)28-11-14(2)26-15(3)12-28/h4-10,14-15,23,25-27,29H,11-12,22H2,1-3H3/t14-,15+. The van der Waals surface area contributed by atoms with Gasteiger partial charge in [-0.1, -0.05) is 0 Å². The Morgan fingerprint density at radius 3 is 2.66 bits per heavy atom. The van der Waals surface area contributed by atoms with E-state index in [1.165, 1.54) is 0 Å². The highest BCUT2D eigenvalue weighted by Gasteiger charge is 2.21. The third-order valence-corrected chi connectivity index (χ3v) is 4.73. The molecule has 1 fully saturated rings. The van der Waals surface area contributed by atoms with Crippen molar-refractivity contribution in [3.8, 4) is 0 Å². The van der Waals surface area contributed by atoms with Crippen LogP contribution >= 0.6 is 0 Å². The second-order valence-electron chi connectivity index (χ2n) is 7.51. The Balaban J connectivity index is 1.64. The average Bonchev–Trinajstić information content (AvgIpc) is 2.67. The molecule has 154 valence electrons. The van der Waals surface area contributed by atoms with Crippen LogP contribution in [0.5, 0.6) is 0 Å². The van der Waals surface area contributed by atoms with Gasteiger partial charge in [-0.2, -0.15) is 0 Å². The van der Waals surface area contributed by atoms with Crippen LogP contribution in [0.3, 0.4) is 0 Å². The van der Waals surface area contributed by atoms with E-state index in [0.717, 1.165) is 24.5 Å². The van der Waals surface area contributed by atoms with Crippen molar-refractivity contribution < 1.29 is 5.11 Å². The Morgan fingerprint density at radius 2 is 2.03 bits per heavy atom. The lowest BCUT2D eigenvalue weighted by Crippen LogP contribution is -2.55. The van der Waals surface area contributed by atoms with Crippen molar-refractivity contribution in [2.45, 2.75) is 32.9 Å². The van der Waals surface area contributed by atoms with Crippen molar-refractivity contribution in [3.05, 3.63) is 71.3 Å². The van der Waals surface area contributed by atoms with Crippen LogP contribution in [0.2, 0.25) is 0 Å². The number of rotatable bonds is 4. The van der Waals surface area contributed by atoms with Crippen molar-refractivity contribution >= 4 is 11.5 Å². The van der Waals surface area contributed by atoms with Crippen LogP contribution in [0.1, 0.15) is 19.5 Å². The molecule has 0 bridgehead atoms. The molecule has 3 heterocycles. The molecule has 0 aromatic carbocycles. The minimum atomic E-state index is 0.0215. The Bertz CT molecular complexity index is 873. The summed E-state index contributed by atoms with van der Waals surface area (Å²) in [7, 11) is 0. The number of aliphatic hydroxyl groups excluding tert-OH is 1. The number of allylic oxidation sites excluding steroid dienone is 2. The molecule has 2 aliphatic heterocycles. The predicted octanol–water partition coefficient (Wildman–Crippen LogP) is 2.07. The second-order valence-corrected chi connectivity index (χ2v) is 7.51. The summed E-state index contributed by atoms with van der Waals surface area (Å²) in [6, 6.07) is 4.48. The summed E-state index contributed by atoms with van der Waals surface area (Å²) in [6.07, 6.45) is 8.35. The number of anilines is 1. The molecular formula is C21H29N7O. The first-order valence-corrected chi connectivity index (χ1v) is 9.66. The van der Waals surface area contributed by atoms with Gasteiger partial charge in [0, 0.05) is 43.1 Å². The maximum Gasteiger partial charge on any atom is 0.143 e. The maximum absolute atomic E-state index is 10.4. The smallest absolute Gasteiger partial charge is 0.143 e. The molecule has 0 radical (unpaired) electrons. The molecule has 2 atom stereocenters. The highest BCUT2D eigenvalue weighted by Crippen LogP contribution is 2.18. The lowest BCUT2D eigenvalue weighted by molar-refractivity contribution is 0.255. The Kier molecular flexibility index (Phi) is 6.23. The number of piperazine rings is 1. The molecule has 0 amide bonds. The number of amidine groups is 1. The lowest BCUT2D eigenvalue weighted by atomic mass is 10.1. The molecule has 3 rings (SSSR count). The van der Waals surface area contributed by atoms with Crippen LogP contribution in [-0.2, 0) is 0 Å². The van der Waals surface area contributed by atoms with E-state index in [-0.39, 0.29) is 5.76 Å². The van der Waals surface area contributed by atoms with Gasteiger partial charge in [0.05, 0.1) is 23.3 Å². The Morgan fingerprint density at radius 1 is 1.31 bits per heavy atom. The first kappa shape index (κ1) is 20.5. The number of aromatic nitrogens is 1. The van der Waals surface area contributed by atoms with Gasteiger partial charge in [0.1, 0.15) is 17.3 Å². The largest absolute Gasteiger partial charge is 0.506 e. The van der Waals surface area contributed by atoms with Gasteiger partial charge in [0.2, 0.25) is 0 Å². The van der Waals surface area contributed by atoms with E-state index >= 15 is 0 Å². The topological polar surface area (TPSA) is 122 Å². The number of pyridine rings is 1. The van der Waals surface area contributed by atoms with E-state index in [9.17, 15) is 5.11 Å². The third kappa shape index (κ3) is 5.39. The number of aliphatic hydroxyl groups is 1. The Labute approximate surface area is 171 Å². The van der Waals surface area contributed by atoms with Crippen molar-refractivity contribution in [1.82, 2.24) is 20.5 Å². The van der Waals surface area contributed by atoms with Gasteiger partial charge in [-0.15, -0.1) is 0 Å². The quantitative estimate of drug-likeness (QED) is 0.341. The summed E-state index contributed by atoms with van der Waals surface area (Å²) in [5, 5.41) is 28.3. The molecule has 7 N–H and O–H groups in total. The number of nitrogens with one attached hydrogen (secondary N) is 4. The van der Waals surface area contributed by atoms with E-state index in [1.54, 1.807) is 30.6 Å². The van der Waals surface area contributed by atoms with Gasteiger partial charge in [-0.25, -0.2) is 0 Å². The fourth-order valence-corrected chi connectivity index (χ4v) is 3.38. The van der Waals surface area contributed by atoms with Crippen LogP contribution < -0.4 is 21.7 Å². The molecule has 8 heteroatoms. The molecule has 2 aliphatic rings. The zero-order chi connectivity index (χ0) is 21.0. The van der Waals surface area contributed by atoms with Crippen molar-refractivity contribution in [2.75, 3.05) is 18.4 Å². The zero-order valence-corrected chi connectivity index (χ0v) is 17.0. The molecule has 0 spiro atoms. The van der Waals surface area contributed by atoms with Crippen molar-refractivity contribution in [3.63, 3.8) is 0 Å². The van der Waals surface area contributed by atoms with Crippen molar-refractivity contribution in [1.29, 1.82) is 5.41 Å². The average molecular weight is 396 g/mol. The molecule has 1 aromatic rings. The molecule has 1 aromatic heterocycles. The zero-order valence-electron chi connectivity index (χ0n) is 17.0. The third-order valence-electron chi connectivity index (χ3n) is 4.73. The molecule has 8 nitrogen and oxygen atoms in total. The summed E-state index contributed by atoms with van der Waals surface area (Å²) in [5.41, 5.74) is 9.33. The number of hydrogen-bond donors (Lipinski definition) is 6. The normalized spacial score (nSPS) is 23.9. The molecule has 1 saturated heterocycles. The highest BCUT2D eigenvalue weighted by molar-refractivity contribution is 5.90. The van der Waals surface area contributed by atoms with E-state index in [4.69, 9.17) is 11.1 Å². The molecule has 29 heavy (non-hydrogen) atoms. The van der Waals surface area contributed by atoms with Gasteiger partial charge in [0.25, 0.3) is 0 Å². The summed E-state index contributed by atoms with van der Waals surface area (Å²) < 4.78 is 0. The summed E-state index contributed by atoms with van der Waals surface area (Å²) >= 11 is 0. The molecule has 0 saturated carbocycles.